The summed E-state index contributed by atoms with van der Waals surface area (Å²) in [6.07, 6.45) is 3.70. The number of aromatic nitrogens is 2. The minimum absolute atomic E-state index is 0.00190. The summed E-state index contributed by atoms with van der Waals surface area (Å²) in [6.45, 7) is 2.49. The van der Waals surface area contributed by atoms with Crippen molar-refractivity contribution in [3.8, 4) is 5.75 Å². The predicted molar refractivity (Wildman–Crippen MR) is 100 cm³/mol. The summed E-state index contributed by atoms with van der Waals surface area (Å²) < 4.78 is 7.45. The maximum atomic E-state index is 11.6. The minimum atomic E-state index is -0.00190. The second-order valence-corrected chi connectivity index (χ2v) is 5.97. The molecule has 0 amide bonds. The molecule has 0 spiro atoms. The van der Waals surface area contributed by atoms with E-state index in [4.69, 9.17) is 4.74 Å². The van der Waals surface area contributed by atoms with Gasteiger partial charge in [-0.3, -0.25) is 9.78 Å². The van der Waals surface area contributed by atoms with Crippen LogP contribution in [0.15, 0.2) is 59.5 Å². The molecule has 0 atom stereocenters. The Balaban J connectivity index is 1.40. The summed E-state index contributed by atoms with van der Waals surface area (Å²) in [6, 6.07) is 15.2. The van der Waals surface area contributed by atoms with E-state index < -0.39 is 0 Å². The van der Waals surface area contributed by atoms with E-state index in [0.717, 1.165) is 48.3 Å². The van der Waals surface area contributed by atoms with Gasteiger partial charge in [0, 0.05) is 43.4 Å². The van der Waals surface area contributed by atoms with Crippen LogP contribution in [0.2, 0.25) is 0 Å². The van der Waals surface area contributed by atoms with Gasteiger partial charge in [0.25, 0.3) is 5.56 Å². The normalized spacial score (nSPS) is 10.9. The van der Waals surface area contributed by atoms with Crippen LogP contribution in [0.5, 0.6) is 5.75 Å². The molecular formula is C20H23N3O2. The van der Waals surface area contributed by atoms with Crippen molar-refractivity contribution < 1.29 is 4.74 Å². The lowest BCUT2D eigenvalue weighted by molar-refractivity contribution is 0.308. The summed E-state index contributed by atoms with van der Waals surface area (Å²) in [7, 11) is 1.78. The molecule has 2 aromatic heterocycles. The van der Waals surface area contributed by atoms with Crippen molar-refractivity contribution in [2.45, 2.75) is 12.8 Å². The highest BCUT2D eigenvalue weighted by molar-refractivity contribution is 5.80. The lowest BCUT2D eigenvalue weighted by atomic mass is 10.2. The molecule has 0 aliphatic rings. The molecule has 0 radical (unpaired) electrons. The van der Waals surface area contributed by atoms with Gasteiger partial charge >= 0.3 is 0 Å². The van der Waals surface area contributed by atoms with E-state index in [-0.39, 0.29) is 5.56 Å². The van der Waals surface area contributed by atoms with Crippen molar-refractivity contribution in [3.63, 3.8) is 0 Å². The molecule has 3 rings (SSSR count). The molecule has 1 N–H and O–H groups in total. The van der Waals surface area contributed by atoms with E-state index >= 15 is 0 Å². The van der Waals surface area contributed by atoms with Gasteiger partial charge in [0.15, 0.2) is 0 Å². The Morgan fingerprint density at radius 2 is 2.04 bits per heavy atom. The highest BCUT2D eigenvalue weighted by Crippen LogP contribution is 2.19. The van der Waals surface area contributed by atoms with E-state index in [1.54, 1.807) is 17.7 Å². The van der Waals surface area contributed by atoms with Crippen molar-refractivity contribution in [2.24, 2.45) is 7.05 Å². The van der Waals surface area contributed by atoms with Crippen LogP contribution in [0.1, 0.15) is 12.1 Å². The first-order valence-corrected chi connectivity index (χ1v) is 8.57. The van der Waals surface area contributed by atoms with E-state index in [0.29, 0.717) is 6.61 Å². The zero-order valence-corrected chi connectivity index (χ0v) is 14.4. The van der Waals surface area contributed by atoms with E-state index in [9.17, 15) is 4.79 Å². The van der Waals surface area contributed by atoms with Gasteiger partial charge in [-0.05, 0) is 49.4 Å². The number of nitrogens with zero attached hydrogens (tertiary/aromatic N) is 2. The Kier molecular flexibility index (Phi) is 5.80. The standard InChI is InChI=1S/C20H23N3O2/c1-23-19-8-7-18(15-16(19)6-9-20(23)24)25-14-4-11-21-13-10-17-5-2-3-12-22-17/h2-3,5-9,12,15,21H,4,10-11,13-14H2,1H3. The molecule has 130 valence electrons. The number of hydrogen-bond donors (Lipinski definition) is 1. The van der Waals surface area contributed by atoms with Crippen LogP contribution in [-0.4, -0.2) is 29.2 Å². The number of nitrogens with one attached hydrogen (secondary N) is 1. The molecule has 0 aliphatic carbocycles. The zero-order chi connectivity index (χ0) is 17.5. The Morgan fingerprint density at radius 1 is 1.12 bits per heavy atom. The van der Waals surface area contributed by atoms with Gasteiger partial charge in [-0.25, -0.2) is 0 Å². The van der Waals surface area contributed by atoms with Gasteiger partial charge in [0.05, 0.1) is 12.1 Å². The second kappa shape index (κ2) is 8.44. The largest absolute Gasteiger partial charge is 0.494 e. The van der Waals surface area contributed by atoms with Gasteiger partial charge in [-0.15, -0.1) is 0 Å². The van der Waals surface area contributed by atoms with Crippen LogP contribution in [0.4, 0.5) is 0 Å². The third-order valence-electron chi connectivity index (χ3n) is 4.15. The van der Waals surface area contributed by atoms with Crippen molar-refractivity contribution in [1.29, 1.82) is 0 Å². The summed E-state index contributed by atoms with van der Waals surface area (Å²) in [4.78, 5) is 15.9. The topological polar surface area (TPSA) is 56.1 Å². The fourth-order valence-corrected chi connectivity index (χ4v) is 2.73. The lowest BCUT2D eigenvalue weighted by Crippen LogP contribution is -2.20. The Labute approximate surface area is 147 Å². The van der Waals surface area contributed by atoms with Gasteiger partial charge in [-0.1, -0.05) is 6.07 Å². The first-order valence-electron chi connectivity index (χ1n) is 8.57. The quantitative estimate of drug-likeness (QED) is 0.642. The third kappa shape index (κ3) is 4.67. The average molecular weight is 337 g/mol. The second-order valence-electron chi connectivity index (χ2n) is 5.97. The Bertz CT molecular complexity index is 875. The van der Waals surface area contributed by atoms with E-state index in [1.165, 1.54) is 0 Å². The fraction of sp³-hybridized carbons (Fsp3) is 0.300. The van der Waals surface area contributed by atoms with Crippen LogP contribution in [-0.2, 0) is 13.5 Å². The molecule has 5 nitrogen and oxygen atoms in total. The Morgan fingerprint density at radius 3 is 2.88 bits per heavy atom. The monoisotopic (exact) mass is 337 g/mol. The lowest BCUT2D eigenvalue weighted by Gasteiger charge is -2.09. The SMILES string of the molecule is Cn1c(=O)ccc2cc(OCCCNCCc3ccccn3)ccc21. The first-order chi connectivity index (χ1) is 12.2. The van der Waals surface area contributed by atoms with Crippen LogP contribution in [0.3, 0.4) is 0 Å². The van der Waals surface area contributed by atoms with E-state index in [2.05, 4.69) is 10.3 Å². The highest BCUT2D eigenvalue weighted by Gasteiger charge is 2.01. The summed E-state index contributed by atoms with van der Waals surface area (Å²) >= 11 is 0. The number of pyridine rings is 2. The molecule has 2 heterocycles. The summed E-state index contributed by atoms with van der Waals surface area (Å²) in [5.74, 6) is 0.833. The molecular weight excluding hydrogens is 314 g/mol. The van der Waals surface area contributed by atoms with Gasteiger partial charge in [0.1, 0.15) is 5.75 Å². The van der Waals surface area contributed by atoms with Crippen molar-refractivity contribution in [3.05, 3.63) is 70.8 Å². The third-order valence-corrected chi connectivity index (χ3v) is 4.15. The highest BCUT2D eigenvalue weighted by atomic mass is 16.5. The maximum Gasteiger partial charge on any atom is 0.250 e. The number of aryl methyl sites for hydroxylation is 1. The number of hydrogen-bond acceptors (Lipinski definition) is 4. The van der Waals surface area contributed by atoms with Crippen molar-refractivity contribution in [2.75, 3.05) is 19.7 Å². The average Bonchev–Trinajstić information content (AvgIpc) is 2.65. The zero-order valence-electron chi connectivity index (χ0n) is 14.4. The number of benzene rings is 1. The molecule has 5 heteroatoms. The molecule has 25 heavy (non-hydrogen) atoms. The molecule has 3 aromatic rings. The smallest absolute Gasteiger partial charge is 0.250 e. The molecule has 0 bridgehead atoms. The van der Waals surface area contributed by atoms with Crippen molar-refractivity contribution >= 4 is 10.9 Å². The predicted octanol–water partition coefficient (Wildman–Crippen LogP) is 2.53. The number of ether oxygens (including phenoxy) is 1. The van der Waals surface area contributed by atoms with Gasteiger partial charge in [0.2, 0.25) is 0 Å². The van der Waals surface area contributed by atoms with Crippen LogP contribution >= 0.6 is 0 Å². The number of fused-ring (bicyclic) bond motifs is 1. The van der Waals surface area contributed by atoms with Gasteiger partial charge in [-0.2, -0.15) is 0 Å². The van der Waals surface area contributed by atoms with Crippen LogP contribution in [0, 0.1) is 0 Å². The molecule has 0 saturated heterocycles. The molecule has 0 aliphatic heterocycles. The molecule has 0 saturated carbocycles. The van der Waals surface area contributed by atoms with Crippen LogP contribution in [0.25, 0.3) is 10.9 Å². The molecule has 1 aromatic carbocycles. The summed E-state index contributed by atoms with van der Waals surface area (Å²) in [5.41, 5.74) is 2.02. The number of rotatable bonds is 8. The summed E-state index contributed by atoms with van der Waals surface area (Å²) in [5, 5.41) is 4.41. The van der Waals surface area contributed by atoms with E-state index in [1.807, 2.05) is 48.7 Å². The maximum absolute atomic E-state index is 11.6. The fourth-order valence-electron chi connectivity index (χ4n) is 2.73. The van der Waals surface area contributed by atoms with Crippen LogP contribution < -0.4 is 15.6 Å². The first kappa shape index (κ1) is 17.2. The molecule has 0 fully saturated rings. The van der Waals surface area contributed by atoms with Gasteiger partial charge < -0.3 is 14.6 Å². The van der Waals surface area contributed by atoms with Crippen molar-refractivity contribution in [1.82, 2.24) is 14.9 Å². The molecule has 0 unspecified atom stereocenters. The minimum Gasteiger partial charge on any atom is -0.494 e. The Hall–Kier alpha value is -2.66.